The number of nitrogens with zero attached hydrogens (tertiary/aromatic N) is 1. The maximum atomic E-state index is 13.5. The number of esters is 1. The first-order chi connectivity index (χ1) is 13.7. The number of carbonyl (C=O) groups is 1. The molecule has 0 N–H and O–H groups in total. The minimum absolute atomic E-state index is 0.170. The molecule has 184 valence electrons. The Balaban J connectivity index is 2.91. The molecule has 4 nitrogen and oxygen atoms in total. The molecule has 1 rings (SSSR count). The highest BCUT2D eigenvalue weighted by atomic mass is 19.4. The van der Waals surface area contributed by atoms with Gasteiger partial charge in [0.25, 0.3) is 0 Å². The highest BCUT2D eigenvalue weighted by Crippen LogP contribution is 2.60. The first-order valence-corrected chi connectivity index (χ1v) is 8.14. The van der Waals surface area contributed by atoms with E-state index in [4.69, 9.17) is 4.74 Å². The molecule has 0 amide bonds. The topological polar surface area (TPSA) is 38.8 Å². The average molecular weight is 491 g/mol. The van der Waals surface area contributed by atoms with Crippen LogP contribution < -0.4 is 0 Å². The van der Waals surface area contributed by atoms with Crippen LogP contribution in [-0.2, 0) is 14.3 Å². The molecule has 1 aliphatic rings. The van der Waals surface area contributed by atoms with E-state index in [0.717, 1.165) is 0 Å². The summed E-state index contributed by atoms with van der Waals surface area (Å²) in [7, 11) is 0. The fourth-order valence-corrected chi connectivity index (χ4v) is 2.21. The quantitative estimate of drug-likeness (QED) is 0.362. The Morgan fingerprint density at radius 2 is 1.19 bits per heavy atom. The zero-order chi connectivity index (χ0) is 24.5. The van der Waals surface area contributed by atoms with Crippen molar-refractivity contribution in [1.82, 2.24) is 4.90 Å². The van der Waals surface area contributed by atoms with Crippen LogP contribution in [0.3, 0.4) is 0 Å². The summed E-state index contributed by atoms with van der Waals surface area (Å²) in [5.41, 5.74) is 0. The predicted octanol–water partition coefficient (Wildman–Crippen LogP) is 3.99. The summed E-state index contributed by atoms with van der Waals surface area (Å²) in [6, 6.07) is 0. The van der Waals surface area contributed by atoms with Gasteiger partial charge < -0.3 is 9.47 Å². The lowest BCUT2D eigenvalue weighted by molar-refractivity contribution is -0.441. The van der Waals surface area contributed by atoms with Crippen LogP contribution in [0.1, 0.15) is 6.42 Å². The van der Waals surface area contributed by atoms with Gasteiger partial charge in [0.2, 0.25) is 0 Å². The number of morpholine rings is 1. The highest BCUT2D eigenvalue weighted by Gasteiger charge is 2.90. The number of halogens is 13. The average Bonchev–Trinajstić information content (AvgIpc) is 2.64. The zero-order valence-corrected chi connectivity index (χ0v) is 15.0. The van der Waals surface area contributed by atoms with Crippen molar-refractivity contribution in [2.24, 2.45) is 0 Å². The molecule has 1 saturated heterocycles. The normalized spacial score (nSPS) is 18.2. The number of alkyl halides is 13. The minimum atomic E-state index is -7.98. The number of hydrogen-bond donors (Lipinski definition) is 0. The van der Waals surface area contributed by atoms with Crippen molar-refractivity contribution in [1.29, 1.82) is 0 Å². The van der Waals surface area contributed by atoms with Crippen LogP contribution in [0.4, 0.5) is 57.1 Å². The summed E-state index contributed by atoms with van der Waals surface area (Å²) < 4.78 is 176. The van der Waals surface area contributed by atoms with E-state index in [1.54, 1.807) is 0 Å². The Hall–Kier alpha value is -1.52. The molecule has 0 radical (unpaired) electrons. The predicted molar refractivity (Wildman–Crippen MR) is 73.6 cm³/mol. The lowest BCUT2D eigenvalue weighted by Gasteiger charge is -2.39. The number of rotatable bonds is 9. The van der Waals surface area contributed by atoms with Crippen LogP contribution in [-0.4, -0.2) is 86.1 Å². The van der Waals surface area contributed by atoms with Crippen molar-refractivity contribution in [3.63, 3.8) is 0 Å². The number of ether oxygens (including phenoxy) is 2. The summed E-state index contributed by atoms with van der Waals surface area (Å²) in [4.78, 5) is 12.9. The molecule has 0 aromatic rings. The van der Waals surface area contributed by atoms with Gasteiger partial charge in [-0.15, -0.1) is 0 Å². The molecule has 31 heavy (non-hydrogen) atoms. The largest absolute Gasteiger partial charge is 0.460 e. The smallest absolute Gasteiger partial charge is 0.459 e. The van der Waals surface area contributed by atoms with E-state index in [1.807, 2.05) is 0 Å². The Kier molecular flexibility index (Phi) is 7.80. The van der Waals surface area contributed by atoms with Crippen molar-refractivity contribution in [2.45, 2.75) is 42.2 Å². The van der Waals surface area contributed by atoms with Gasteiger partial charge in [0.1, 0.15) is 0 Å². The second-order valence-electron chi connectivity index (χ2n) is 6.36. The van der Waals surface area contributed by atoms with Crippen LogP contribution in [0.25, 0.3) is 0 Å². The fourth-order valence-electron chi connectivity index (χ4n) is 2.21. The molecule has 0 spiro atoms. The molecule has 1 fully saturated rings. The van der Waals surface area contributed by atoms with Gasteiger partial charge in [-0.3, -0.25) is 9.69 Å². The fraction of sp³-hybridized carbons (Fsp3) is 0.929. The van der Waals surface area contributed by atoms with Gasteiger partial charge >= 0.3 is 41.8 Å². The van der Waals surface area contributed by atoms with Crippen molar-refractivity contribution in [3.05, 3.63) is 0 Å². The van der Waals surface area contributed by atoms with Gasteiger partial charge in [0, 0.05) is 19.6 Å². The Labute approximate surface area is 165 Å². The summed E-state index contributed by atoms with van der Waals surface area (Å²) in [5.74, 6) is -39.2. The molecule has 0 saturated carbocycles. The summed E-state index contributed by atoms with van der Waals surface area (Å²) in [5, 5.41) is 0. The van der Waals surface area contributed by atoms with Crippen LogP contribution in [0, 0.1) is 0 Å². The molecule has 0 aromatic carbocycles. The molecular weight excluding hydrogens is 477 g/mol. The Morgan fingerprint density at radius 3 is 1.65 bits per heavy atom. The van der Waals surface area contributed by atoms with Gasteiger partial charge in [-0.1, -0.05) is 0 Å². The maximum Gasteiger partial charge on any atom is 0.460 e. The third-order valence-corrected chi connectivity index (χ3v) is 4.15. The van der Waals surface area contributed by atoms with Gasteiger partial charge in [-0.2, -0.15) is 57.1 Å². The van der Waals surface area contributed by atoms with E-state index >= 15 is 0 Å². The van der Waals surface area contributed by atoms with E-state index in [9.17, 15) is 61.9 Å². The van der Waals surface area contributed by atoms with Crippen molar-refractivity contribution < 1.29 is 71.3 Å². The maximum absolute atomic E-state index is 13.5. The SMILES string of the molecule is O=C(CCN1CCOCC1)OCC(F)(F)C(F)(F)C(F)(F)C(F)(F)C(F)(F)C(F)(F)F. The Morgan fingerprint density at radius 1 is 0.742 bits per heavy atom. The molecular formula is C14H14F13NO3. The second kappa shape index (κ2) is 8.78. The first kappa shape index (κ1) is 27.5. The number of carbonyl (C=O) groups excluding carboxylic acids is 1. The zero-order valence-electron chi connectivity index (χ0n) is 15.0. The van der Waals surface area contributed by atoms with Gasteiger partial charge in [0.05, 0.1) is 19.6 Å². The highest BCUT2D eigenvalue weighted by molar-refractivity contribution is 5.69. The second-order valence-corrected chi connectivity index (χ2v) is 6.36. The van der Waals surface area contributed by atoms with Crippen LogP contribution in [0.2, 0.25) is 0 Å². The molecule has 0 atom stereocenters. The first-order valence-electron chi connectivity index (χ1n) is 8.14. The summed E-state index contributed by atoms with van der Waals surface area (Å²) in [6.45, 7) is -2.09. The Bertz CT molecular complexity index is 629. The summed E-state index contributed by atoms with van der Waals surface area (Å²) in [6.07, 6.45) is -8.21. The van der Waals surface area contributed by atoms with Gasteiger partial charge in [0.15, 0.2) is 6.61 Å². The molecule has 1 aliphatic heterocycles. The van der Waals surface area contributed by atoms with E-state index in [-0.39, 0.29) is 32.8 Å². The van der Waals surface area contributed by atoms with E-state index in [2.05, 4.69) is 4.74 Å². The third kappa shape index (κ3) is 5.12. The monoisotopic (exact) mass is 491 g/mol. The van der Waals surface area contributed by atoms with Crippen LogP contribution in [0.5, 0.6) is 0 Å². The van der Waals surface area contributed by atoms with Crippen LogP contribution in [0.15, 0.2) is 0 Å². The molecule has 0 unspecified atom stereocenters. The molecule has 1 heterocycles. The van der Waals surface area contributed by atoms with Gasteiger partial charge in [-0.25, -0.2) is 0 Å². The van der Waals surface area contributed by atoms with Crippen molar-refractivity contribution in [3.8, 4) is 0 Å². The lowest BCUT2D eigenvalue weighted by atomic mass is 9.94. The molecule has 0 aromatic heterocycles. The molecule has 0 bridgehead atoms. The van der Waals surface area contributed by atoms with Crippen molar-refractivity contribution >= 4 is 5.97 Å². The van der Waals surface area contributed by atoms with E-state index in [0.29, 0.717) is 0 Å². The lowest BCUT2D eigenvalue weighted by Crippen LogP contribution is -2.70. The van der Waals surface area contributed by atoms with E-state index < -0.39 is 54.8 Å². The standard InChI is InChI=1S/C14H14F13NO3/c15-9(16,7-31-8(29)1-2-28-3-5-30-6-4-28)10(17,18)11(19,20)12(21,22)13(23,24)14(25,26)27/h1-7H2. The minimum Gasteiger partial charge on any atom is -0.459 e. The molecule has 17 heteroatoms. The third-order valence-electron chi connectivity index (χ3n) is 4.15. The summed E-state index contributed by atoms with van der Waals surface area (Å²) >= 11 is 0. The van der Waals surface area contributed by atoms with Crippen LogP contribution >= 0.6 is 0 Å². The van der Waals surface area contributed by atoms with Crippen molar-refractivity contribution in [2.75, 3.05) is 39.5 Å². The molecule has 0 aliphatic carbocycles. The van der Waals surface area contributed by atoms with Gasteiger partial charge in [-0.05, 0) is 0 Å². The number of hydrogen-bond acceptors (Lipinski definition) is 4. The van der Waals surface area contributed by atoms with E-state index in [1.165, 1.54) is 4.90 Å².